The molecule has 0 atom stereocenters. The lowest BCUT2D eigenvalue weighted by molar-refractivity contribution is 0.262. The van der Waals surface area contributed by atoms with E-state index in [2.05, 4.69) is 25.6 Å². The van der Waals surface area contributed by atoms with Gasteiger partial charge in [0.15, 0.2) is 0 Å². The average molecular weight is 509 g/mol. The van der Waals surface area contributed by atoms with Gasteiger partial charge in [0.1, 0.15) is 10.6 Å². The number of hydrogen-bond acceptors (Lipinski definition) is 6. The molecule has 0 saturated carbocycles. The maximum Gasteiger partial charge on any atom is 0.339 e. The monoisotopic (exact) mass is 508 g/mol. The average Bonchev–Trinajstić information content (AvgIpc) is 3.50. The molecule has 0 aliphatic rings. The first-order valence-corrected chi connectivity index (χ1v) is 12.0. The summed E-state index contributed by atoms with van der Waals surface area (Å²) in [5.41, 5.74) is 2.32. The summed E-state index contributed by atoms with van der Waals surface area (Å²) < 4.78 is 32.5. The smallest absolute Gasteiger partial charge is 0.339 e. The number of benzene rings is 3. The quantitative estimate of drug-likeness (QED) is 0.282. The Labute approximate surface area is 204 Å². The second-order valence-electron chi connectivity index (χ2n) is 7.35. The Hall–Kier alpha value is -4.35. The van der Waals surface area contributed by atoms with Crippen LogP contribution in [0.2, 0.25) is 5.02 Å². The molecule has 176 valence electrons. The van der Waals surface area contributed by atoms with Crippen molar-refractivity contribution in [3.63, 3.8) is 0 Å². The number of halogens is 1. The van der Waals surface area contributed by atoms with Gasteiger partial charge in [0.25, 0.3) is 0 Å². The van der Waals surface area contributed by atoms with Crippen molar-refractivity contribution in [2.75, 3.05) is 10.6 Å². The number of nitrogens with one attached hydrogen (secondary N) is 3. The number of carbonyl (C=O) groups is 1. The van der Waals surface area contributed by atoms with Crippen molar-refractivity contribution in [2.45, 2.75) is 4.90 Å². The van der Waals surface area contributed by atoms with Crippen LogP contribution in [0.1, 0.15) is 0 Å². The van der Waals surface area contributed by atoms with Crippen molar-refractivity contribution in [1.82, 2.24) is 19.5 Å². The molecular weight excluding hydrogens is 492 g/mol. The number of carbonyl (C=O) groups excluding carboxylic acids is 1. The standard InChI is InChI=1S/C23H17ClN6O4S/c24-15-1-3-16(4-2-15)26-23(31)29-22-27-20-10-7-18(13-21(20)28-22)34-35(32,33)19-8-5-17(6-9-19)30-12-11-25-14-30/h1-14H,(H3,26,27,28,29,31). The lowest BCUT2D eigenvalue weighted by atomic mass is 10.3. The number of aromatic nitrogens is 4. The highest BCUT2D eigenvalue weighted by molar-refractivity contribution is 7.87. The minimum atomic E-state index is -4.07. The molecule has 10 nitrogen and oxygen atoms in total. The first-order valence-electron chi connectivity index (χ1n) is 10.2. The molecule has 3 aromatic carbocycles. The Bertz CT molecular complexity index is 1600. The number of H-pyrrole nitrogens is 1. The van der Waals surface area contributed by atoms with E-state index in [1.165, 1.54) is 24.3 Å². The zero-order chi connectivity index (χ0) is 24.4. The largest absolute Gasteiger partial charge is 0.379 e. The summed E-state index contributed by atoms with van der Waals surface area (Å²) in [6, 6.07) is 16.9. The highest BCUT2D eigenvalue weighted by Crippen LogP contribution is 2.24. The third kappa shape index (κ3) is 5.10. The molecule has 2 aromatic heterocycles. The van der Waals surface area contributed by atoms with Crippen LogP contribution in [-0.2, 0) is 10.1 Å². The summed E-state index contributed by atoms with van der Waals surface area (Å²) >= 11 is 5.84. The molecule has 0 bridgehead atoms. The van der Waals surface area contributed by atoms with Crippen molar-refractivity contribution < 1.29 is 17.4 Å². The minimum absolute atomic E-state index is 0.00437. The maximum absolute atomic E-state index is 12.7. The molecular formula is C23H17ClN6O4S. The van der Waals surface area contributed by atoms with Crippen LogP contribution in [0, 0.1) is 0 Å². The van der Waals surface area contributed by atoms with Crippen LogP contribution in [0.5, 0.6) is 5.75 Å². The van der Waals surface area contributed by atoms with E-state index in [0.29, 0.717) is 21.7 Å². The third-order valence-corrected chi connectivity index (χ3v) is 6.44. The van der Waals surface area contributed by atoms with Crippen LogP contribution >= 0.6 is 11.6 Å². The number of fused-ring (bicyclic) bond motifs is 1. The van der Waals surface area contributed by atoms with Gasteiger partial charge in [-0.15, -0.1) is 0 Å². The molecule has 0 fully saturated rings. The molecule has 5 rings (SSSR count). The summed E-state index contributed by atoms with van der Waals surface area (Å²) in [6.45, 7) is 0. The molecule has 0 saturated heterocycles. The molecule has 35 heavy (non-hydrogen) atoms. The van der Waals surface area contributed by atoms with Gasteiger partial charge in [-0.25, -0.2) is 14.8 Å². The van der Waals surface area contributed by atoms with E-state index in [0.717, 1.165) is 5.69 Å². The Morgan fingerprint density at radius 1 is 1.00 bits per heavy atom. The number of imidazole rings is 2. The molecule has 12 heteroatoms. The molecule has 3 N–H and O–H groups in total. The predicted octanol–water partition coefficient (Wildman–Crippen LogP) is 4.81. The summed E-state index contributed by atoms with van der Waals surface area (Å²) in [5.74, 6) is 0.265. The predicted molar refractivity (Wildman–Crippen MR) is 132 cm³/mol. The van der Waals surface area contributed by atoms with Crippen molar-refractivity contribution >= 4 is 50.4 Å². The molecule has 0 unspecified atom stereocenters. The van der Waals surface area contributed by atoms with Gasteiger partial charge in [-0.05, 0) is 60.7 Å². The fourth-order valence-corrected chi connectivity index (χ4v) is 4.32. The zero-order valence-electron chi connectivity index (χ0n) is 17.8. The van der Waals surface area contributed by atoms with Crippen LogP contribution in [0.25, 0.3) is 16.7 Å². The Balaban J connectivity index is 1.28. The summed E-state index contributed by atoms with van der Waals surface area (Å²) in [7, 11) is -4.07. The van der Waals surface area contributed by atoms with Gasteiger partial charge in [-0.2, -0.15) is 8.42 Å². The number of amides is 2. The molecule has 0 radical (unpaired) electrons. The normalized spacial score (nSPS) is 11.3. The van der Waals surface area contributed by atoms with E-state index in [-0.39, 0.29) is 16.6 Å². The third-order valence-electron chi connectivity index (χ3n) is 4.92. The first-order chi connectivity index (χ1) is 16.9. The Morgan fingerprint density at radius 2 is 1.77 bits per heavy atom. The molecule has 0 aliphatic heterocycles. The first kappa shape index (κ1) is 22.4. The number of aromatic amines is 1. The van der Waals surface area contributed by atoms with E-state index >= 15 is 0 Å². The van der Waals surface area contributed by atoms with Crippen molar-refractivity contribution in [3.05, 3.63) is 90.5 Å². The fourth-order valence-electron chi connectivity index (χ4n) is 3.27. The second kappa shape index (κ2) is 9.12. The molecule has 2 amide bonds. The summed E-state index contributed by atoms with van der Waals surface area (Å²) in [4.78, 5) is 23.4. The topological polar surface area (TPSA) is 131 Å². The zero-order valence-corrected chi connectivity index (χ0v) is 19.4. The molecule has 2 heterocycles. The molecule has 5 aromatic rings. The summed E-state index contributed by atoms with van der Waals surface area (Å²) in [5, 5.41) is 5.80. The van der Waals surface area contributed by atoms with Crippen LogP contribution in [0.4, 0.5) is 16.4 Å². The van der Waals surface area contributed by atoms with E-state index < -0.39 is 16.1 Å². The van der Waals surface area contributed by atoms with Crippen molar-refractivity contribution in [1.29, 1.82) is 0 Å². The van der Waals surface area contributed by atoms with Gasteiger partial charge < -0.3 is 19.1 Å². The highest BCUT2D eigenvalue weighted by atomic mass is 35.5. The number of rotatable bonds is 6. The highest BCUT2D eigenvalue weighted by Gasteiger charge is 2.18. The van der Waals surface area contributed by atoms with Crippen molar-refractivity contribution in [2.24, 2.45) is 0 Å². The van der Waals surface area contributed by atoms with Crippen LogP contribution in [0.15, 0.2) is 90.3 Å². The lowest BCUT2D eigenvalue weighted by Crippen LogP contribution is -2.20. The van der Waals surface area contributed by atoms with Crippen LogP contribution < -0.4 is 14.8 Å². The lowest BCUT2D eigenvalue weighted by Gasteiger charge is -2.08. The van der Waals surface area contributed by atoms with E-state index in [1.807, 2.05) is 0 Å². The minimum Gasteiger partial charge on any atom is -0.379 e. The van der Waals surface area contributed by atoms with Gasteiger partial charge in [-0.3, -0.25) is 5.32 Å². The number of urea groups is 1. The number of nitrogens with zero attached hydrogens (tertiary/aromatic N) is 3. The Kier molecular flexibility index (Phi) is 5.85. The van der Waals surface area contributed by atoms with Crippen LogP contribution in [-0.4, -0.2) is 34.0 Å². The SMILES string of the molecule is O=C(Nc1ccc(Cl)cc1)Nc1nc2cc(OS(=O)(=O)c3ccc(-n4ccnc4)cc3)ccc2[nH]1. The molecule has 0 aliphatic carbocycles. The van der Waals surface area contributed by atoms with Gasteiger partial charge in [0.05, 0.1) is 17.4 Å². The Morgan fingerprint density at radius 3 is 2.49 bits per heavy atom. The van der Waals surface area contributed by atoms with Crippen LogP contribution in [0.3, 0.4) is 0 Å². The fraction of sp³-hybridized carbons (Fsp3) is 0. The van der Waals surface area contributed by atoms with E-state index in [9.17, 15) is 13.2 Å². The number of hydrogen-bond donors (Lipinski definition) is 3. The molecule has 0 spiro atoms. The van der Waals surface area contributed by atoms with E-state index in [4.69, 9.17) is 15.8 Å². The van der Waals surface area contributed by atoms with Crippen molar-refractivity contribution in [3.8, 4) is 11.4 Å². The van der Waals surface area contributed by atoms with E-state index in [1.54, 1.807) is 65.8 Å². The second-order valence-corrected chi connectivity index (χ2v) is 9.33. The van der Waals surface area contributed by atoms with Gasteiger partial charge in [-0.1, -0.05) is 11.6 Å². The van der Waals surface area contributed by atoms with Gasteiger partial charge in [0, 0.05) is 34.9 Å². The van der Waals surface area contributed by atoms with Gasteiger partial charge in [0.2, 0.25) is 5.95 Å². The number of anilines is 2. The van der Waals surface area contributed by atoms with Gasteiger partial charge >= 0.3 is 16.1 Å². The summed E-state index contributed by atoms with van der Waals surface area (Å²) in [6.07, 6.45) is 5.00. The maximum atomic E-state index is 12.7.